The molecule has 0 spiro atoms. The van der Waals surface area contributed by atoms with E-state index in [2.05, 4.69) is 15.3 Å². The average Bonchev–Trinajstić information content (AvgIpc) is 3.07. The molecule has 0 fully saturated rings. The van der Waals surface area contributed by atoms with Crippen LogP contribution in [0.4, 0.5) is 19.0 Å². The predicted octanol–water partition coefficient (Wildman–Crippen LogP) is 4.72. The van der Waals surface area contributed by atoms with E-state index in [-0.39, 0.29) is 34.3 Å². The van der Waals surface area contributed by atoms with Gasteiger partial charge in [-0.1, -0.05) is 18.2 Å². The Balaban J connectivity index is 1.81. The van der Waals surface area contributed by atoms with E-state index in [9.17, 15) is 18.0 Å². The molecule has 0 bridgehead atoms. The Labute approximate surface area is 193 Å². The molecule has 0 aliphatic rings. The molecule has 2 aromatic carbocycles. The number of fused-ring (bicyclic) bond motifs is 2. The average molecular weight is 471 g/mol. The number of alkyl halides is 3. The largest absolute Gasteiger partial charge is 0.416 e. The predicted molar refractivity (Wildman–Crippen MR) is 124 cm³/mol. The van der Waals surface area contributed by atoms with E-state index in [4.69, 9.17) is 10.5 Å². The lowest BCUT2D eigenvalue weighted by Crippen LogP contribution is -2.26. The zero-order valence-corrected chi connectivity index (χ0v) is 18.7. The topological polar surface area (TPSA) is 95.1 Å². The lowest BCUT2D eigenvalue weighted by molar-refractivity contribution is -0.137. The number of amides is 1. The van der Waals surface area contributed by atoms with E-state index < -0.39 is 17.6 Å². The maximum atomic E-state index is 13.3. The molecular weight excluding hydrogens is 447 g/mol. The molecule has 2 heterocycles. The Bertz CT molecular complexity index is 1350. The Kier molecular flexibility index (Phi) is 6.43. The first kappa shape index (κ1) is 23.5. The number of carbonyl (C=O) groups is 1. The van der Waals surface area contributed by atoms with Crippen LogP contribution in [0.25, 0.3) is 27.9 Å². The third-order valence-electron chi connectivity index (χ3n) is 5.21. The Morgan fingerprint density at radius 2 is 1.82 bits per heavy atom. The molecule has 1 amide bonds. The quantitative estimate of drug-likeness (QED) is 0.381. The van der Waals surface area contributed by atoms with Gasteiger partial charge in [0, 0.05) is 18.8 Å². The van der Waals surface area contributed by atoms with Gasteiger partial charge in [-0.2, -0.15) is 13.2 Å². The number of para-hydroxylation sites is 2. The van der Waals surface area contributed by atoms with Crippen LogP contribution in [0.2, 0.25) is 0 Å². The maximum Gasteiger partial charge on any atom is 0.416 e. The number of carbonyl (C=O) groups excluding carboxylic acids is 1. The molecule has 0 aliphatic carbocycles. The number of hydrogen-bond donors (Lipinski definition) is 2. The summed E-state index contributed by atoms with van der Waals surface area (Å²) < 4.78 is 46.9. The normalized spacial score (nSPS) is 12.1. The van der Waals surface area contributed by atoms with Crippen molar-refractivity contribution in [2.45, 2.75) is 32.5 Å². The summed E-state index contributed by atoms with van der Waals surface area (Å²) in [6.07, 6.45) is -3.87. The first-order valence-electron chi connectivity index (χ1n) is 10.8. The van der Waals surface area contributed by atoms with E-state index in [0.29, 0.717) is 30.6 Å². The van der Waals surface area contributed by atoms with Gasteiger partial charge in [0.15, 0.2) is 5.65 Å². The maximum absolute atomic E-state index is 13.3. The van der Waals surface area contributed by atoms with Crippen LogP contribution in [0, 0.1) is 0 Å². The summed E-state index contributed by atoms with van der Waals surface area (Å²) in [6, 6.07) is 11.7. The highest BCUT2D eigenvalue weighted by Gasteiger charge is 2.31. The minimum atomic E-state index is -4.54. The minimum absolute atomic E-state index is 0.0411. The highest BCUT2D eigenvalue weighted by Crippen LogP contribution is 2.34. The zero-order valence-electron chi connectivity index (χ0n) is 18.7. The molecule has 3 N–H and O–H groups in total. The van der Waals surface area contributed by atoms with Gasteiger partial charge in [0.2, 0.25) is 0 Å². The van der Waals surface area contributed by atoms with E-state index in [1.807, 2.05) is 13.8 Å². The lowest BCUT2D eigenvalue weighted by atomic mass is 10.2. The molecule has 0 saturated heterocycles. The molecule has 2 aromatic heterocycles. The number of anilines is 1. The van der Waals surface area contributed by atoms with Crippen molar-refractivity contribution in [3.63, 3.8) is 0 Å². The second kappa shape index (κ2) is 9.30. The summed E-state index contributed by atoms with van der Waals surface area (Å²) >= 11 is 0. The number of ether oxygens (including phenoxy) is 1. The number of nitrogens with zero attached hydrogens (tertiary/aromatic N) is 3. The molecular formula is C24H24F3N5O2. The van der Waals surface area contributed by atoms with Crippen LogP contribution < -0.4 is 11.1 Å². The number of halogens is 3. The fraction of sp³-hybridized carbons (Fsp3) is 0.292. The van der Waals surface area contributed by atoms with Crippen LogP contribution in [0.15, 0.2) is 48.5 Å². The van der Waals surface area contributed by atoms with E-state index in [1.54, 1.807) is 24.3 Å². The monoisotopic (exact) mass is 471 g/mol. The number of nitrogen functional groups attached to an aromatic ring is 1. The third kappa shape index (κ3) is 4.67. The van der Waals surface area contributed by atoms with E-state index in [1.165, 1.54) is 16.7 Å². The highest BCUT2D eigenvalue weighted by atomic mass is 19.4. The molecule has 178 valence electrons. The van der Waals surface area contributed by atoms with Gasteiger partial charge in [0.25, 0.3) is 5.91 Å². The first-order valence-corrected chi connectivity index (χ1v) is 10.8. The Morgan fingerprint density at radius 3 is 2.50 bits per heavy atom. The van der Waals surface area contributed by atoms with Gasteiger partial charge in [-0.3, -0.25) is 9.36 Å². The van der Waals surface area contributed by atoms with Crippen molar-refractivity contribution in [2.24, 2.45) is 0 Å². The lowest BCUT2D eigenvalue weighted by Gasteiger charge is -2.12. The molecule has 4 rings (SSSR count). The molecule has 4 aromatic rings. The van der Waals surface area contributed by atoms with Crippen molar-refractivity contribution in [3.8, 4) is 5.69 Å². The number of nitrogens with two attached hydrogens (primary N) is 1. The Morgan fingerprint density at radius 1 is 1.12 bits per heavy atom. The first-order chi connectivity index (χ1) is 16.2. The van der Waals surface area contributed by atoms with Crippen LogP contribution in [-0.4, -0.2) is 39.7 Å². The second-order valence-corrected chi connectivity index (χ2v) is 8.06. The van der Waals surface area contributed by atoms with Gasteiger partial charge in [0.05, 0.1) is 22.7 Å². The van der Waals surface area contributed by atoms with Crippen LogP contribution in [0.3, 0.4) is 0 Å². The molecule has 0 unspecified atom stereocenters. The van der Waals surface area contributed by atoms with Crippen LogP contribution >= 0.6 is 0 Å². The summed E-state index contributed by atoms with van der Waals surface area (Å²) in [5.74, 6) is -0.525. The van der Waals surface area contributed by atoms with E-state index >= 15 is 0 Å². The number of benzene rings is 2. The van der Waals surface area contributed by atoms with Crippen LogP contribution in [-0.2, 0) is 10.9 Å². The van der Waals surface area contributed by atoms with Crippen LogP contribution in [0.1, 0.15) is 36.2 Å². The number of hydrogen-bond acceptors (Lipinski definition) is 5. The standard InChI is InChI=1S/C24H24F3N5O2/c1-14(2)34-12-6-11-29-23(33)19-20-22(31-18-10-4-3-9-17(18)30-20)32(21(19)28)16-8-5-7-15(13-16)24(25,26)27/h3-5,7-10,13-14H,6,11-12,28H2,1-2H3,(H,29,33). The van der Waals surface area contributed by atoms with Crippen LogP contribution in [0.5, 0.6) is 0 Å². The van der Waals surface area contributed by atoms with Gasteiger partial charge in [-0.25, -0.2) is 9.97 Å². The van der Waals surface area contributed by atoms with E-state index in [0.717, 1.165) is 12.1 Å². The molecule has 0 radical (unpaired) electrons. The third-order valence-corrected chi connectivity index (χ3v) is 5.21. The number of rotatable bonds is 7. The summed E-state index contributed by atoms with van der Waals surface area (Å²) in [5.41, 5.74) is 7.19. The summed E-state index contributed by atoms with van der Waals surface area (Å²) in [6.45, 7) is 4.65. The van der Waals surface area contributed by atoms with Gasteiger partial charge >= 0.3 is 6.18 Å². The molecule has 0 saturated carbocycles. The number of nitrogens with one attached hydrogen (secondary N) is 1. The molecule has 7 nitrogen and oxygen atoms in total. The van der Waals surface area contributed by atoms with Crippen molar-refractivity contribution in [3.05, 3.63) is 59.7 Å². The number of aromatic nitrogens is 3. The summed E-state index contributed by atoms with van der Waals surface area (Å²) in [7, 11) is 0. The fourth-order valence-corrected chi connectivity index (χ4v) is 3.65. The molecule has 0 aliphatic heterocycles. The van der Waals surface area contributed by atoms with Crippen molar-refractivity contribution < 1.29 is 22.7 Å². The highest BCUT2D eigenvalue weighted by molar-refractivity contribution is 6.11. The van der Waals surface area contributed by atoms with Crippen molar-refractivity contribution in [2.75, 3.05) is 18.9 Å². The fourth-order valence-electron chi connectivity index (χ4n) is 3.65. The molecule has 34 heavy (non-hydrogen) atoms. The minimum Gasteiger partial charge on any atom is -0.384 e. The summed E-state index contributed by atoms with van der Waals surface area (Å²) in [5, 5.41) is 2.79. The smallest absolute Gasteiger partial charge is 0.384 e. The second-order valence-electron chi connectivity index (χ2n) is 8.06. The molecule has 0 atom stereocenters. The summed E-state index contributed by atoms with van der Waals surface area (Å²) in [4.78, 5) is 22.2. The van der Waals surface area contributed by atoms with Crippen molar-refractivity contribution in [1.29, 1.82) is 0 Å². The zero-order chi connectivity index (χ0) is 24.5. The van der Waals surface area contributed by atoms with Crippen molar-refractivity contribution >= 4 is 33.9 Å². The van der Waals surface area contributed by atoms with Gasteiger partial charge in [-0.05, 0) is 50.6 Å². The van der Waals surface area contributed by atoms with Crippen molar-refractivity contribution in [1.82, 2.24) is 19.9 Å². The van der Waals surface area contributed by atoms with Gasteiger partial charge < -0.3 is 15.8 Å². The van der Waals surface area contributed by atoms with Gasteiger partial charge in [0.1, 0.15) is 16.9 Å². The Hall–Kier alpha value is -3.66. The van der Waals surface area contributed by atoms with Gasteiger partial charge in [-0.15, -0.1) is 0 Å². The molecule has 10 heteroatoms. The SMILES string of the molecule is CC(C)OCCCNC(=O)c1c(N)n(-c2cccc(C(F)(F)F)c2)c2nc3ccccc3nc12.